The van der Waals surface area contributed by atoms with E-state index in [1.807, 2.05) is 0 Å². The predicted octanol–water partition coefficient (Wildman–Crippen LogP) is 15.1. The Kier molecular flexibility index (Phi) is 9.06. The van der Waals surface area contributed by atoms with Crippen LogP contribution in [0, 0.1) is 0 Å². The third-order valence-electron chi connectivity index (χ3n) is 13.7. The van der Waals surface area contributed by atoms with Gasteiger partial charge in [0.05, 0.1) is 17.1 Å². The number of para-hydroxylation sites is 1. The normalized spacial score (nSPS) is 16.2. The van der Waals surface area contributed by atoms with Crippen LogP contribution in [0.3, 0.4) is 0 Å². The minimum Gasteiger partial charge on any atom is -0.366 e. The SMILES string of the molecule is CC1(C)c2ccccc2-c2ccc(-c3ccc(-c4cccc(-c5ccc6c(c5)c5ccccc5n6-c5cccc(C6NC(c7ccccc7)=CC(c7ccccc7)N6)c5)c4)cc3)cc21. The second-order valence-corrected chi connectivity index (χ2v) is 17.8. The molecule has 0 amide bonds. The number of nitrogens with zero attached hydrogens (tertiary/aromatic N) is 1. The maximum Gasteiger partial charge on any atom is 0.104 e. The number of benzene rings is 9. The summed E-state index contributed by atoms with van der Waals surface area (Å²) >= 11 is 0. The number of hydrogen-bond donors (Lipinski definition) is 2. The Morgan fingerprint density at radius 2 is 0.984 bits per heavy atom. The van der Waals surface area contributed by atoms with Crippen LogP contribution in [0.1, 0.15) is 53.9 Å². The third kappa shape index (κ3) is 6.47. The van der Waals surface area contributed by atoms with Gasteiger partial charge in [-0.15, -0.1) is 0 Å². The predicted molar refractivity (Wildman–Crippen MR) is 267 cm³/mol. The zero-order valence-corrected chi connectivity index (χ0v) is 36.0. The van der Waals surface area contributed by atoms with Gasteiger partial charge in [0.1, 0.15) is 6.17 Å². The van der Waals surface area contributed by atoms with Gasteiger partial charge in [-0.25, -0.2) is 0 Å². The van der Waals surface area contributed by atoms with Crippen LogP contribution in [-0.4, -0.2) is 4.57 Å². The summed E-state index contributed by atoms with van der Waals surface area (Å²) < 4.78 is 2.42. The average Bonchev–Trinajstić information content (AvgIpc) is 3.82. The first-order valence-corrected chi connectivity index (χ1v) is 22.4. The van der Waals surface area contributed by atoms with E-state index in [0.717, 1.165) is 11.4 Å². The van der Waals surface area contributed by atoms with Gasteiger partial charge in [0, 0.05) is 27.6 Å². The molecule has 2 atom stereocenters. The fraction of sp³-hybridized carbons (Fsp3) is 0.0820. The molecule has 0 bridgehead atoms. The van der Waals surface area contributed by atoms with Gasteiger partial charge in [0.2, 0.25) is 0 Å². The molecule has 64 heavy (non-hydrogen) atoms. The molecule has 2 heterocycles. The Balaban J connectivity index is 0.857. The molecular formula is C61H47N3. The van der Waals surface area contributed by atoms with Crippen molar-refractivity contribution < 1.29 is 0 Å². The third-order valence-corrected chi connectivity index (χ3v) is 13.7. The second-order valence-electron chi connectivity index (χ2n) is 17.8. The van der Waals surface area contributed by atoms with Crippen LogP contribution in [0.25, 0.3) is 77.7 Å². The van der Waals surface area contributed by atoms with Crippen molar-refractivity contribution in [2.75, 3.05) is 0 Å². The molecule has 12 rings (SSSR count). The van der Waals surface area contributed by atoms with E-state index in [1.165, 1.54) is 94.1 Å². The van der Waals surface area contributed by atoms with Crippen molar-refractivity contribution in [3.8, 4) is 50.2 Å². The Morgan fingerprint density at radius 3 is 1.80 bits per heavy atom. The lowest BCUT2D eigenvalue weighted by molar-refractivity contribution is 0.442. The Hall–Kier alpha value is -7.72. The van der Waals surface area contributed by atoms with Gasteiger partial charge in [-0.1, -0.05) is 190 Å². The number of nitrogens with one attached hydrogen (secondary N) is 2. The maximum atomic E-state index is 3.90. The van der Waals surface area contributed by atoms with E-state index < -0.39 is 0 Å². The van der Waals surface area contributed by atoms with Crippen molar-refractivity contribution in [3.63, 3.8) is 0 Å². The van der Waals surface area contributed by atoms with Crippen LogP contribution >= 0.6 is 0 Å². The lowest BCUT2D eigenvalue weighted by atomic mass is 9.81. The van der Waals surface area contributed by atoms with Gasteiger partial charge in [0.25, 0.3) is 0 Å². The van der Waals surface area contributed by atoms with Crippen molar-refractivity contribution in [1.82, 2.24) is 15.2 Å². The van der Waals surface area contributed by atoms with Gasteiger partial charge < -0.3 is 9.88 Å². The lowest BCUT2D eigenvalue weighted by Crippen LogP contribution is -2.39. The molecule has 3 heteroatoms. The summed E-state index contributed by atoms with van der Waals surface area (Å²) in [6, 6.07) is 80.0. The molecule has 2 unspecified atom stereocenters. The summed E-state index contributed by atoms with van der Waals surface area (Å²) in [6.07, 6.45) is 2.20. The van der Waals surface area contributed by atoms with Crippen LogP contribution in [0.4, 0.5) is 0 Å². The van der Waals surface area contributed by atoms with Crippen LogP contribution in [-0.2, 0) is 5.41 Å². The smallest absolute Gasteiger partial charge is 0.104 e. The largest absolute Gasteiger partial charge is 0.366 e. The minimum atomic E-state index is -0.0987. The molecule has 2 aliphatic rings. The molecule has 0 spiro atoms. The van der Waals surface area contributed by atoms with Gasteiger partial charge in [0.15, 0.2) is 0 Å². The monoisotopic (exact) mass is 821 g/mol. The van der Waals surface area contributed by atoms with Crippen molar-refractivity contribution >= 4 is 27.5 Å². The molecule has 1 aromatic heterocycles. The van der Waals surface area contributed by atoms with E-state index in [-0.39, 0.29) is 17.6 Å². The van der Waals surface area contributed by atoms with Gasteiger partial charge in [-0.3, -0.25) is 5.32 Å². The van der Waals surface area contributed by atoms with Gasteiger partial charge >= 0.3 is 0 Å². The molecule has 0 saturated carbocycles. The highest BCUT2D eigenvalue weighted by Gasteiger charge is 2.35. The highest BCUT2D eigenvalue weighted by Crippen LogP contribution is 2.49. The summed E-state index contributed by atoms with van der Waals surface area (Å²) in [6.45, 7) is 4.69. The second kappa shape index (κ2) is 15.3. The van der Waals surface area contributed by atoms with E-state index in [0.29, 0.717) is 0 Å². The highest BCUT2D eigenvalue weighted by atomic mass is 15.2. The molecule has 10 aromatic rings. The Labute approximate surface area is 375 Å². The van der Waals surface area contributed by atoms with E-state index >= 15 is 0 Å². The van der Waals surface area contributed by atoms with Crippen molar-refractivity contribution in [3.05, 3.63) is 252 Å². The molecule has 1 aliphatic carbocycles. The minimum absolute atomic E-state index is 0.0194. The van der Waals surface area contributed by atoms with Crippen LogP contribution in [0.15, 0.2) is 224 Å². The molecule has 306 valence electrons. The molecular weight excluding hydrogens is 775 g/mol. The topological polar surface area (TPSA) is 29.0 Å². The molecule has 0 radical (unpaired) electrons. The number of hydrogen-bond acceptors (Lipinski definition) is 2. The van der Waals surface area contributed by atoms with E-state index in [2.05, 4.69) is 254 Å². The van der Waals surface area contributed by atoms with Crippen molar-refractivity contribution in [2.24, 2.45) is 0 Å². The Morgan fingerprint density at radius 1 is 0.406 bits per heavy atom. The van der Waals surface area contributed by atoms with Crippen LogP contribution in [0.5, 0.6) is 0 Å². The molecule has 2 N–H and O–H groups in total. The lowest BCUT2D eigenvalue weighted by Gasteiger charge is -2.33. The summed E-state index contributed by atoms with van der Waals surface area (Å²) in [4.78, 5) is 0. The van der Waals surface area contributed by atoms with Gasteiger partial charge in [-0.05, 0) is 121 Å². The maximum absolute atomic E-state index is 3.90. The fourth-order valence-corrected chi connectivity index (χ4v) is 10.4. The zero-order valence-electron chi connectivity index (χ0n) is 36.0. The molecule has 1 aliphatic heterocycles. The van der Waals surface area contributed by atoms with Crippen molar-refractivity contribution in [1.29, 1.82) is 0 Å². The molecule has 9 aromatic carbocycles. The summed E-state index contributed by atoms with van der Waals surface area (Å²) in [5.74, 6) is 0. The first kappa shape index (κ1) is 38.0. The van der Waals surface area contributed by atoms with Crippen molar-refractivity contribution in [2.45, 2.75) is 31.5 Å². The molecule has 0 saturated heterocycles. The Bertz CT molecular complexity index is 3410. The quantitative estimate of drug-likeness (QED) is 0.168. The number of fused-ring (bicyclic) bond motifs is 6. The molecule has 3 nitrogen and oxygen atoms in total. The summed E-state index contributed by atoms with van der Waals surface area (Å²) in [5, 5.41) is 10.2. The first-order valence-electron chi connectivity index (χ1n) is 22.4. The fourth-order valence-electron chi connectivity index (χ4n) is 10.4. The van der Waals surface area contributed by atoms with E-state index in [1.54, 1.807) is 0 Å². The van der Waals surface area contributed by atoms with E-state index in [4.69, 9.17) is 0 Å². The highest BCUT2D eigenvalue weighted by molar-refractivity contribution is 6.10. The van der Waals surface area contributed by atoms with E-state index in [9.17, 15) is 0 Å². The van der Waals surface area contributed by atoms with Crippen LogP contribution < -0.4 is 10.6 Å². The number of aromatic nitrogens is 1. The average molecular weight is 822 g/mol. The summed E-state index contributed by atoms with van der Waals surface area (Å²) in [7, 11) is 0. The number of rotatable bonds is 7. The van der Waals surface area contributed by atoms with Crippen LogP contribution in [0.2, 0.25) is 0 Å². The summed E-state index contributed by atoms with van der Waals surface area (Å²) in [5.41, 5.74) is 21.0. The van der Waals surface area contributed by atoms with Gasteiger partial charge in [-0.2, -0.15) is 0 Å². The molecule has 0 fully saturated rings. The zero-order chi connectivity index (χ0) is 42.8. The first-order chi connectivity index (χ1) is 31.5. The standard InChI is InChI=1S/C61H47N3/c1-61(2)54-25-11-9-23-50(54)51-33-31-47(38-55(51)61)41-29-27-40(28-30-41)44-19-13-20-45(35-44)46-32-34-59-53(37-46)52-24-10-12-26-58(52)64(59)49-22-14-21-48(36-49)60-62-56(42-15-5-3-6-16-42)39-57(63-60)43-17-7-4-8-18-43/h3-39,56,60,62-63H,1-2H3.